The zero-order chi connectivity index (χ0) is 22.4. The molecular weight excluding hydrogens is 422 g/mol. The van der Waals surface area contributed by atoms with E-state index < -0.39 is 0 Å². The van der Waals surface area contributed by atoms with Crippen LogP contribution in [-0.2, 0) is 11.3 Å². The maximum Gasteiger partial charge on any atom is 0.269 e. The van der Waals surface area contributed by atoms with Crippen LogP contribution in [0.1, 0.15) is 5.56 Å². The van der Waals surface area contributed by atoms with Crippen LogP contribution in [0.5, 0.6) is 0 Å². The summed E-state index contributed by atoms with van der Waals surface area (Å²) in [4.78, 5) is 30.5. The molecule has 0 atom stereocenters. The van der Waals surface area contributed by atoms with Crippen molar-refractivity contribution >= 4 is 39.3 Å². The van der Waals surface area contributed by atoms with Gasteiger partial charge in [-0.1, -0.05) is 54.6 Å². The second-order valence-electron chi connectivity index (χ2n) is 8.32. The van der Waals surface area contributed by atoms with Gasteiger partial charge in [0, 0.05) is 31.1 Å². The molecule has 0 bridgehead atoms. The number of hydrogen-bond acceptors (Lipinski definition) is 3. The Morgan fingerprint density at radius 2 is 1.94 bits per heavy atom. The molecule has 6 heteroatoms. The van der Waals surface area contributed by atoms with Crippen LogP contribution < -0.4 is 5.56 Å². The standard InChI is InChI=1S/C26H22ClN3O2/c1-3-24(31)29-13-17(14-29)15-30-23-11-21(27)20(10-22(23)28-12-25(30)32)19-9-5-8-18-7-4-6-16(2)26(18)19/h3-12,17H,1,13-15H2,2H3. The average molecular weight is 444 g/mol. The molecule has 1 aliphatic heterocycles. The van der Waals surface area contributed by atoms with Crippen LogP contribution in [0.4, 0.5) is 0 Å². The minimum absolute atomic E-state index is 0.0775. The molecule has 1 fully saturated rings. The van der Waals surface area contributed by atoms with Gasteiger partial charge in [-0.15, -0.1) is 0 Å². The van der Waals surface area contributed by atoms with E-state index in [1.807, 2.05) is 24.3 Å². The summed E-state index contributed by atoms with van der Waals surface area (Å²) in [6, 6.07) is 16.2. The third-order valence-corrected chi connectivity index (χ3v) is 6.54. The first kappa shape index (κ1) is 20.5. The van der Waals surface area contributed by atoms with E-state index in [-0.39, 0.29) is 17.4 Å². The van der Waals surface area contributed by atoms with Gasteiger partial charge in [0.25, 0.3) is 5.56 Å². The molecule has 0 aliphatic carbocycles. The topological polar surface area (TPSA) is 55.2 Å². The second kappa shape index (κ2) is 7.92. The van der Waals surface area contributed by atoms with Gasteiger partial charge in [0.1, 0.15) is 0 Å². The van der Waals surface area contributed by atoms with Gasteiger partial charge in [-0.2, -0.15) is 0 Å². The molecule has 3 aromatic carbocycles. The number of amides is 1. The zero-order valence-electron chi connectivity index (χ0n) is 17.7. The highest BCUT2D eigenvalue weighted by Gasteiger charge is 2.30. The number of aromatic nitrogens is 2. The summed E-state index contributed by atoms with van der Waals surface area (Å²) in [5.74, 6) is 0.132. The van der Waals surface area contributed by atoms with Crippen LogP contribution in [0, 0.1) is 12.8 Å². The van der Waals surface area contributed by atoms with Crippen LogP contribution in [0.2, 0.25) is 5.02 Å². The smallest absolute Gasteiger partial charge is 0.269 e. The second-order valence-corrected chi connectivity index (χ2v) is 8.73. The minimum Gasteiger partial charge on any atom is -0.338 e. The van der Waals surface area contributed by atoms with E-state index in [4.69, 9.17) is 11.6 Å². The van der Waals surface area contributed by atoms with E-state index in [1.54, 1.807) is 9.47 Å². The third-order valence-electron chi connectivity index (χ3n) is 6.22. The van der Waals surface area contributed by atoms with E-state index in [1.165, 1.54) is 17.8 Å². The molecule has 0 spiro atoms. The lowest BCUT2D eigenvalue weighted by atomic mass is 9.94. The number of aryl methyl sites for hydroxylation is 1. The average Bonchev–Trinajstić information content (AvgIpc) is 2.76. The van der Waals surface area contributed by atoms with Gasteiger partial charge in [0.2, 0.25) is 5.91 Å². The van der Waals surface area contributed by atoms with E-state index in [0.717, 1.165) is 21.9 Å². The summed E-state index contributed by atoms with van der Waals surface area (Å²) < 4.78 is 1.72. The zero-order valence-corrected chi connectivity index (χ0v) is 18.5. The van der Waals surface area contributed by atoms with Gasteiger partial charge in [-0.3, -0.25) is 9.59 Å². The largest absolute Gasteiger partial charge is 0.338 e. The fourth-order valence-corrected chi connectivity index (χ4v) is 4.84. The summed E-state index contributed by atoms with van der Waals surface area (Å²) in [5.41, 5.74) is 4.36. The molecule has 160 valence electrons. The predicted octanol–water partition coefficient (Wildman–Crippen LogP) is 4.82. The molecule has 5 rings (SSSR count). The lowest BCUT2D eigenvalue weighted by Gasteiger charge is -2.39. The SMILES string of the molecule is C=CC(=O)N1CC(Cn2c(=O)cnc3cc(-c4cccc5cccc(C)c45)c(Cl)cc32)C1. The minimum atomic E-state index is -0.171. The van der Waals surface area contributed by atoms with E-state index in [0.29, 0.717) is 35.7 Å². The van der Waals surface area contributed by atoms with E-state index >= 15 is 0 Å². The number of halogens is 1. The fraction of sp³-hybridized carbons (Fsp3) is 0.192. The number of carbonyl (C=O) groups is 1. The van der Waals surface area contributed by atoms with E-state index in [2.05, 4.69) is 42.8 Å². The number of benzene rings is 3. The van der Waals surface area contributed by atoms with Crippen LogP contribution in [0.15, 0.2) is 72.2 Å². The van der Waals surface area contributed by atoms with Gasteiger partial charge in [0.05, 0.1) is 22.3 Å². The van der Waals surface area contributed by atoms with Crippen molar-refractivity contribution in [1.29, 1.82) is 0 Å². The van der Waals surface area contributed by atoms with Gasteiger partial charge < -0.3 is 9.47 Å². The molecule has 5 nitrogen and oxygen atoms in total. The third kappa shape index (κ3) is 3.39. The number of hydrogen-bond donors (Lipinski definition) is 0. The highest BCUT2D eigenvalue weighted by molar-refractivity contribution is 6.34. The first-order chi connectivity index (χ1) is 15.5. The van der Waals surface area contributed by atoms with Gasteiger partial charge in [-0.25, -0.2) is 4.98 Å². The fourth-order valence-electron chi connectivity index (χ4n) is 4.58. The van der Waals surface area contributed by atoms with Crippen molar-refractivity contribution in [3.05, 3.63) is 88.3 Å². The van der Waals surface area contributed by atoms with Gasteiger partial charge in [-0.05, 0) is 47.0 Å². The van der Waals surface area contributed by atoms with Crippen molar-refractivity contribution in [1.82, 2.24) is 14.5 Å². The Balaban J connectivity index is 1.58. The van der Waals surface area contributed by atoms with Crippen LogP contribution in [0.3, 0.4) is 0 Å². The molecule has 4 aromatic rings. The Morgan fingerprint density at radius 3 is 2.69 bits per heavy atom. The molecule has 0 radical (unpaired) electrons. The van der Waals surface area contributed by atoms with Gasteiger partial charge in [0.15, 0.2) is 0 Å². The van der Waals surface area contributed by atoms with Crippen molar-refractivity contribution in [3.63, 3.8) is 0 Å². The number of likely N-dealkylation sites (tertiary alicyclic amines) is 1. The highest BCUT2D eigenvalue weighted by atomic mass is 35.5. The monoisotopic (exact) mass is 443 g/mol. The molecule has 0 saturated carbocycles. The lowest BCUT2D eigenvalue weighted by Crippen LogP contribution is -2.51. The van der Waals surface area contributed by atoms with Crippen molar-refractivity contribution in [2.75, 3.05) is 13.1 Å². The Hall–Kier alpha value is -3.44. The van der Waals surface area contributed by atoms with E-state index in [9.17, 15) is 9.59 Å². The first-order valence-electron chi connectivity index (χ1n) is 10.6. The first-order valence-corrected chi connectivity index (χ1v) is 10.9. The van der Waals surface area contributed by atoms with Crippen molar-refractivity contribution in [2.45, 2.75) is 13.5 Å². The Labute approximate surface area is 190 Å². The maximum atomic E-state index is 12.6. The number of fused-ring (bicyclic) bond motifs is 2. The van der Waals surface area contributed by atoms with Crippen molar-refractivity contribution < 1.29 is 4.79 Å². The molecule has 1 amide bonds. The molecule has 1 aromatic heterocycles. The highest BCUT2D eigenvalue weighted by Crippen LogP contribution is 2.37. The Bertz CT molecular complexity index is 1450. The summed E-state index contributed by atoms with van der Waals surface area (Å²) >= 11 is 6.78. The summed E-state index contributed by atoms with van der Waals surface area (Å²) in [6.07, 6.45) is 2.68. The number of nitrogens with zero attached hydrogens (tertiary/aromatic N) is 3. The van der Waals surface area contributed by atoms with Crippen molar-refractivity contribution in [3.8, 4) is 11.1 Å². The molecule has 2 heterocycles. The number of rotatable bonds is 4. The Kier molecular flexibility index (Phi) is 5.06. The van der Waals surface area contributed by atoms with Crippen LogP contribution >= 0.6 is 11.6 Å². The van der Waals surface area contributed by atoms with Crippen LogP contribution in [-0.4, -0.2) is 33.4 Å². The normalized spacial score (nSPS) is 14.0. The molecular formula is C26H22ClN3O2. The molecule has 0 unspecified atom stereocenters. The van der Waals surface area contributed by atoms with Crippen molar-refractivity contribution in [2.24, 2.45) is 5.92 Å². The summed E-state index contributed by atoms with van der Waals surface area (Å²) in [6.45, 7) is 7.36. The Morgan fingerprint density at radius 1 is 1.19 bits per heavy atom. The van der Waals surface area contributed by atoms with Gasteiger partial charge >= 0.3 is 0 Å². The molecule has 1 aliphatic rings. The maximum absolute atomic E-state index is 12.6. The molecule has 1 saturated heterocycles. The summed E-state index contributed by atoms with van der Waals surface area (Å²) in [5, 5.41) is 2.89. The molecule has 32 heavy (non-hydrogen) atoms. The van der Waals surface area contributed by atoms with Crippen LogP contribution in [0.25, 0.3) is 32.9 Å². The lowest BCUT2D eigenvalue weighted by molar-refractivity contribution is -0.132. The quantitative estimate of drug-likeness (QED) is 0.425. The number of carbonyl (C=O) groups excluding carboxylic acids is 1. The predicted molar refractivity (Wildman–Crippen MR) is 129 cm³/mol. The molecule has 0 N–H and O–H groups in total. The summed E-state index contributed by atoms with van der Waals surface area (Å²) in [7, 11) is 0.